The van der Waals surface area contributed by atoms with Crippen molar-refractivity contribution in [1.29, 1.82) is 0 Å². The quantitative estimate of drug-likeness (QED) is 0.565. The largest absolute Gasteiger partial charge is 0.507 e. The van der Waals surface area contributed by atoms with Crippen molar-refractivity contribution in [2.75, 3.05) is 14.1 Å². The maximum atomic E-state index is 11.6. The van der Waals surface area contributed by atoms with Crippen molar-refractivity contribution in [2.45, 2.75) is 0 Å². The van der Waals surface area contributed by atoms with Gasteiger partial charge in [0.1, 0.15) is 0 Å². The minimum absolute atomic E-state index is 0.0845. The van der Waals surface area contributed by atoms with Gasteiger partial charge in [-0.2, -0.15) is 12.7 Å². The lowest BCUT2D eigenvalue weighted by molar-refractivity contribution is 0.423. The molecule has 0 aliphatic rings. The van der Waals surface area contributed by atoms with E-state index in [2.05, 4.69) is 0 Å². The van der Waals surface area contributed by atoms with Crippen LogP contribution in [0, 0.1) is 0 Å². The summed E-state index contributed by atoms with van der Waals surface area (Å²) >= 11 is 0. The van der Waals surface area contributed by atoms with Crippen LogP contribution in [0.15, 0.2) is 18.3 Å². The summed E-state index contributed by atoms with van der Waals surface area (Å²) in [5.41, 5.74) is -0.0845. The summed E-state index contributed by atoms with van der Waals surface area (Å²) < 4.78 is 25.0. The van der Waals surface area contributed by atoms with E-state index in [0.717, 1.165) is 8.28 Å². The van der Waals surface area contributed by atoms with Crippen molar-refractivity contribution in [3.8, 4) is 0 Å². The lowest BCUT2D eigenvalue weighted by Gasteiger charge is -2.14. The van der Waals surface area contributed by atoms with Gasteiger partial charge in [0.25, 0.3) is 0 Å². The van der Waals surface area contributed by atoms with Gasteiger partial charge in [-0.1, -0.05) is 0 Å². The summed E-state index contributed by atoms with van der Waals surface area (Å²) in [6.07, 6.45) is 1.25. The van der Waals surface area contributed by atoms with Crippen LogP contribution in [-0.4, -0.2) is 48.0 Å². The molecule has 0 radical (unpaired) electrons. The van der Waals surface area contributed by atoms with Crippen molar-refractivity contribution in [2.24, 2.45) is 0 Å². The van der Waals surface area contributed by atoms with Crippen LogP contribution < -0.4 is 5.59 Å². The van der Waals surface area contributed by atoms with Gasteiger partial charge in [-0.05, 0) is 12.1 Å². The zero-order valence-electron chi connectivity index (χ0n) is 7.82. The number of hydrogen-bond acceptors (Lipinski definition) is 4. The van der Waals surface area contributed by atoms with Crippen molar-refractivity contribution in [3.05, 3.63) is 18.3 Å². The fourth-order valence-electron chi connectivity index (χ4n) is 0.965. The van der Waals surface area contributed by atoms with E-state index in [0.29, 0.717) is 0 Å². The van der Waals surface area contributed by atoms with E-state index < -0.39 is 17.3 Å². The maximum Gasteiger partial charge on any atom is 0.507 e. The average molecular weight is 218 g/mol. The topological polar surface area (TPSA) is 82.8 Å². The average Bonchev–Trinajstić information content (AvgIpc) is 2.51. The van der Waals surface area contributed by atoms with Gasteiger partial charge < -0.3 is 10.0 Å². The van der Waals surface area contributed by atoms with Gasteiger partial charge >= 0.3 is 17.3 Å². The summed E-state index contributed by atoms with van der Waals surface area (Å²) in [5, 5.41) is 17.8. The zero-order valence-corrected chi connectivity index (χ0v) is 8.64. The van der Waals surface area contributed by atoms with Crippen molar-refractivity contribution in [3.63, 3.8) is 0 Å². The molecule has 0 aromatic carbocycles. The first-order chi connectivity index (χ1) is 6.37. The van der Waals surface area contributed by atoms with Gasteiger partial charge in [-0.15, -0.1) is 0 Å². The summed E-state index contributed by atoms with van der Waals surface area (Å²) in [7, 11) is -2.76. The van der Waals surface area contributed by atoms with Gasteiger partial charge in [-0.25, -0.2) is 3.97 Å². The molecule has 2 N–H and O–H groups in total. The lowest BCUT2D eigenvalue weighted by atomic mass is 9.87. The Morgan fingerprint density at radius 1 is 1.43 bits per heavy atom. The summed E-state index contributed by atoms with van der Waals surface area (Å²) in [6.45, 7) is 0. The fourth-order valence-corrected chi connectivity index (χ4v) is 1.96. The molecule has 8 heteroatoms. The van der Waals surface area contributed by atoms with E-state index in [1.807, 2.05) is 0 Å². The summed E-state index contributed by atoms with van der Waals surface area (Å²) in [4.78, 5) is 0. The Labute approximate surface area is 82.7 Å². The third kappa shape index (κ3) is 1.83. The SMILES string of the molecule is CN(C)S(=O)(=O)n1cccc1B(O)O. The molecule has 0 amide bonds. The minimum Gasteiger partial charge on any atom is -0.422 e. The van der Waals surface area contributed by atoms with Crippen LogP contribution in [0.2, 0.25) is 0 Å². The van der Waals surface area contributed by atoms with Gasteiger partial charge in [-0.3, -0.25) is 0 Å². The molecule has 1 aromatic heterocycles. The lowest BCUT2D eigenvalue weighted by Crippen LogP contribution is -2.42. The molecule has 14 heavy (non-hydrogen) atoms. The van der Waals surface area contributed by atoms with E-state index in [1.54, 1.807) is 0 Å². The second-order valence-electron chi connectivity index (χ2n) is 2.89. The van der Waals surface area contributed by atoms with Crippen LogP contribution in [0.25, 0.3) is 0 Å². The monoisotopic (exact) mass is 218 g/mol. The highest BCUT2D eigenvalue weighted by Crippen LogP contribution is 2.00. The molecular formula is C6H11BN2O4S. The zero-order chi connectivity index (χ0) is 10.9. The molecule has 78 valence electrons. The molecule has 6 nitrogen and oxygen atoms in total. The van der Waals surface area contributed by atoms with Crippen LogP contribution in [-0.2, 0) is 10.2 Å². The Morgan fingerprint density at radius 2 is 2.00 bits per heavy atom. The predicted molar refractivity (Wildman–Crippen MR) is 52.3 cm³/mol. The van der Waals surface area contributed by atoms with Gasteiger partial charge in [0, 0.05) is 20.3 Å². The number of rotatable bonds is 3. The number of hydrogen-bond donors (Lipinski definition) is 2. The van der Waals surface area contributed by atoms with Crippen LogP contribution in [0.5, 0.6) is 0 Å². The molecule has 1 aromatic rings. The Kier molecular flexibility index (Phi) is 3.00. The third-order valence-electron chi connectivity index (χ3n) is 1.72. The third-order valence-corrected chi connectivity index (χ3v) is 3.47. The molecule has 0 atom stereocenters. The Hall–Kier alpha value is -0.825. The molecule has 0 aliphatic heterocycles. The normalized spacial score (nSPS) is 12.1. The summed E-state index contributed by atoms with van der Waals surface area (Å²) in [6, 6.07) is 2.75. The van der Waals surface area contributed by atoms with E-state index in [9.17, 15) is 8.42 Å². The maximum absolute atomic E-state index is 11.6. The first-order valence-electron chi connectivity index (χ1n) is 3.84. The smallest absolute Gasteiger partial charge is 0.422 e. The Morgan fingerprint density at radius 3 is 2.43 bits per heavy atom. The first-order valence-corrected chi connectivity index (χ1v) is 5.23. The van der Waals surface area contributed by atoms with Crippen LogP contribution in [0.4, 0.5) is 0 Å². The molecule has 0 aliphatic carbocycles. The predicted octanol–water partition coefficient (Wildman–Crippen LogP) is -2.18. The molecule has 0 saturated carbocycles. The van der Waals surface area contributed by atoms with Crippen LogP contribution >= 0.6 is 0 Å². The van der Waals surface area contributed by atoms with Crippen LogP contribution in [0.1, 0.15) is 0 Å². The minimum atomic E-state index is -3.68. The highest BCUT2D eigenvalue weighted by Gasteiger charge is 2.24. The van der Waals surface area contributed by atoms with E-state index in [4.69, 9.17) is 10.0 Å². The second-order valence-corrected chi connectivity index (χ2v) is 4.91. The molecule has 0 bridgehead atoms. The highest BCUT2D eigenvalue weighted by atomic mass is 32.2. The molecule has 0 fully saturated rings. The molecule has 1 heterocycles. The highest BCUT2D eigenvalue weighted by molar-refractivity contribution is 7.87. The second kappa shape index (κ2) is 3.74. The van der Waals surface area contributed by atoms with Crippen molar-refractivity contribution < 1.29 is 18.5 Å². The van der Waals surface area contributed by atoms with Crippen molar-refractivity contribution in [1.82, 2.24) is 8.28 Å². The number of aromatic nitrogens is 1. The van der Waals surface area contributed by atoms with Gasteiger partial charge in [0.15, 0.2) is 0 Å². The van der Waals surface area contributed by atoms with Crippen molar-refractivity contribution >= 4 is 22.9 Å². The van der Waals surface area contributed by atoms with Gasteiger partial charge in [0.05, 0.1) is 5.59 Å². The molecule has 1 rings (SSSR count). The first kappa shape index (κ1) is 11.3. The standard InChI is InChI=1S/C6H11BN2O4S/c1-8(2)14(12,13)9-5-3-4-6(9)7(10)11/h3-5,10-11H,1-2H3. The Bertz CT molecular complexity index is 411. The van der Waals surface area contributed by atoms with E-state index >= 15 is 0 Å². The summed E-state index contributed by atoms with van der Waals surface area (Å²) in [5.74, 6) is 0. The Balaban J connectivity index is 3.27. The van der Waals surface area contributed by atoms with Crippen LogP contribution in [0.3, 0.4) is 0 Å². The fraction of sp³-hybridized carbons (Fsp3) is 0.333. The van der Waals surface area contributed by atoms with Gasteiger partial charge in [0.2, 0.25) is 0 Å². The molecule has 0 spiro atoms. The number of nitrogens with zero attached hydrogens (tertiary/aromatic N) is 2. The molecule has 0 unspecified atom stereocenters. The van der Waals surface area contributed by atoms with E-state index in [-0.39, 0.29) is 5.59 Å². The molecule has 0 saturated heterocycles. The van der Waals surface area contributed by atoms with E-state index in [1.165, 1.54) is 32.4 Å². The molecular weight excluding hydrogens is 207 g/mol.